The van der Waals surface area contributed by atoms with Gasteiger partial charge in [-0.05, 0) is 26.5 Å². The van der Waals surface area contributed by atoms with Gasteiger partial charge >= 0.3 is 0 Å². The third-order valence-electron chi connectivity index (χ3n) is 2.33. The molecule has 0 bridgehead atoms. The second kappa shape index (κ2) is 5.33. The summed E-state index contributed by atoms with van der Waals surface area (Å²) in [4.78, 5) is 13.4. The van der Waals surface area contributed by atoms with E-state index in [0.29, 0.717) is 13.0 Å². The lowest BCUT2D eigenvalue weighted by molar-refractivity contribution is 0.850. The Kier molecular flexibility index (Phi) is 3.81. The highest BCUT2D eigenvalue weighted by Crippen LogP contribution is 2.13. The van der Waals surface area contributed by atoms with Crippen LogP contribution in [0.4, 0.5) is 0 Å². The van der Waals surface area contributed by atoms with Gasteiger partial charge in [0, 0.05) is 28.9 Å². The molecule has 0 aliphatic carbocycles. The smallest absolute Gasteiger partial charge is 0.135 e. The van der Waals surface area contributed by atoms with Crippen molar-refractivity contribution in [2.75, 3.05) is 6.54 Å². The van der Waals surface area contributed by atoms with Crippen molar-refractivity contribution in [1.29, 1.82) is 0 Å². The Bertz CT molecular complexity index is 507. The predicted octanol–water partition coefficient (Wildman–Crippen LogP) is 1.64. The number of nitrogens with zero attached hydrogens (tertiary/aromatic N) is 3. The molecule has 2 aromatic rings. The van der Waals surface area contributed by atoms with Crippen LogP contribution in [-0.4, -0.2) is 21.5 Å². The number of hydrogen-bond donors (Lipinski definition) is 1. The molecule has 17 heavy (non-hydrogen) atoms. The normalized spacial score (nSPS) is 10.8. The Hall–Kier alpha value is -1.33. The molecule has 90 valence electrons. The summed E-state index contributed by atoms with van der Waals surface area (Å²) in [6.07, 6.45) is 1.50. The van der Waals surface area contributed by atoms with Gasteiger partial charge in [0.15, 0.2) is 0 Å². The zero-order valence-corrected chi connectivity index (χ0v) is 10.9. The van der Waals surface area contributed by atoms with Crippen LogP contribution in [0, 0.1) is 13.8 Å². The number of aryl methyl sites for hydroxylation is 2. The summed E-state index contributed by atoms with van der Waals surface area (Å²) >= 11 is 1.65. The maximum absolute atomic E-state index is 5.55. The van der Waals surface area contributed by atoms with Gasteiger partial charge in [-0.15, -0.1) is 11.3 Å². The van der Waals surface area contributed by atoms with Crippen molar-refractivity contribution < 1.29 is 0 Å². The number of thiazole rings is 1. The monoisotopic (exact) mass is 248 g/mol. The van der Waals surface area contributed by atoms with Crippen molar-refractivity contribution >= 4 is 11.3 Å². The van der Waals surface area contributed by atoms with Crippen molar-refractivity contribution in [2.24, 2.45) is 5.73 Å². The van der Waals surface area contributed by atoms with Gasteiger partial charge in [-0.3, -0.25) is 0 Å². The molecule has 5 heteroatoms. The van der Waals surface area contributed by atoms with E-state index in [4.69, 9.17) is 5.73 Å². The fourth-order valence-electron chi connectivity index (χ4n) is 1.67. The van der Waals surface area contributed by atoms with Crippen molar-refractivity contribution in [3.05, 3.63) is 39.4 Å². The zero-order valence-electron chi connectivity index (χ0n) is 10.1. The number of hydrogen-bond acceptors (Lipinski definition) is 5. The first-order chi connectivity index (χ1) is 8.17. The summed E-state index contributed by atoms with van der Waals surface area (Å²) < 4.78 is 0. The second-order valence-corrected chi connectivity index (χ2v) is 4.96. The summed E-state index contributed by atoms with van der Waals surface area (Å²) in [5, 5.41) is 3.11. The molecule has 4 nitrogen and oxygen atoms in total. The van der Waals surface area contributed by atoms with E-state index in [-0.39, 0.29) is 0 Å². The highest BCUT2D eigenvalue weighted by atomic mass is 32.1. The first kappa shape index (κ1) is 12.1. The second-order valence-electron chi connectivity index (χ2n) is 4.01. The summed E-state index contributed by atoms with van der Waals surface area (Å²) in [6, 6.07) is 1.99. The molecule has 2 rings (SSSR count). The molecule has 0 saturated heterocycles. The predicted molar refractivity (Wildman–Crippen MR) is 69.2 cm³/mol. The molecular weight excluding hydrogens is 232 g/mol. The van der Waals surface area contributed by atoms with Gasteiger partial charge in [-0.25, -0.2) is 15.0 Å². The van der Waals surface area contributed by atoms with Crippen molar-refractivity contribution in [3.8, 4) is 0 Å². The van der Waals surface area contributed by atoms with E-state index in [1.165, 1.54) is 0 Å². The van der Waals surface area contributed by atoms with Gasteiger partial charge < -0.3 is 5.73 Å². The largest absolute Gasteiger partial charge is 0.330 e. The molecule has 2 aromatic heterocycles. The van der Waals surface area contributed by atoms with Crippen molar-refractivity contribution in [1.82, 2.24) is 15.0 Å². The van der Waals surface area contributed by atoms with Crippen LogP contribution in [0.5, 0.6) is 0 Å². The van der Waals surface area contributed by atoms with Gasteiger partial charge in [0.25, 0.3) is 0 Å². The van der Waals surface area contributed by atoms with Gasteiger partial charge in [0.1, 0.15) is 10.8 Å². The highest BCUT2D eigenvalue weighted by Gasteiger charge is 2.06. The molecule has 0 radical (unpaired) electrons. The first-order valence-corrected chi connectivity index (χ1v) is 6.50. The standard InChI is InChI=1S/C12H16N4S/c1-8-5-10(3-4-13)16-11(14-8)6-12-15-9(2)7-17-12/h5,7H,3-4,6,13H2,1-2H3. The summed E-state index contributed by atoms with van der Waals surface area (Å²) in [7, 11) is 0. The molecule has 0 aliphatic heterocycles. The molecule has 0 atom stereocenters. The minimum absolute atomic E-state index is 0.617. The molecule has 2 N–H and O–H groups in total. The lowest BCUT2D eigenvalue weighted by atomic mass is 10.2. The Morgan fingerprint density at radius 3 is 2.65 bits per heavy atom. The fourth-order valence-corrected chi connectivity index (χ4v) is 2.44. The average molecular weight is 248 g/mol. The molecule has 0 aliphatic rings. The third kappa shape index (κ3) is 3.31. The van der Waals surface area contributed by atoms with Gasteiger partial charge in [-0.1, -0.05) is 0 Å². The average Bonchev–Trinajstić information content (AvgIpc) is 2.63. The third-order valence-corrected chi connectivity index (χ3v) is 3.30. The topological polar surface area (TPSA) is 64.7 Å². The minimum atomic E-state index is 0.617. The van der Waals surface area contributed by atoms with E-state index in [0.717, 1.165) is 34.3 Å². The SMILES string of the molecule is Cc1cc(CCN)nc(Cc2nc(C)cs2)n1. The fraction of sp³-hybridized carbons (Fsp3) is 0.417. The summed E-state index contributed by atoms with van der Waals surface area (Å²) in [5.41, 5.74) is 8.61. The van der Waals surface area contributed by atoms with E-state index >= 15 is 0 Å². The Labute approximate surface area is 105 Å². The molecule has 0 spiro atoms. The number of rotatable bonds is 4. The molecule has 0 amide bonds. The number of nitrogens with two attached hydrogens (primary N) is 1. The van der Waals surface area contributed by atoms with E-state index in [2.05, 4.69) is 15.0 Å². The lowest BCUT2D eigenvalue weighted by Gasteiger charge is -2.03. The summed E-state index contributed by atoms with van der Waals surface area (Å²) in [6.45, 7) is 4.60. The molecule has 0 saturated carbocycles. The van der Waals surface area contributed by atoms with E-state index in [9.17, 15) is 0 Å². The van der Waals surface area contributed by atoms with Crippen LogP contribution in [-0.2, 0) is 12.8 Å². The van der Waals surface area contributed by atoms with Gasteiger partial charge in [-0.2, -0.15) is 0 Å². The van der Waals surface area contributed by atoms with Crippen LogP contribution in [0.25, 0.3) is 0 Å². The van der Waals surface area contributed by atoms with Gasteiger partial charge in [0.2, 0.25) is 0 Å². The van der Waals surface area contributed by atoms with Gasteiger partial charge in [0.05, 0.1) is 6.42 Å². The Morgan fingerprint density at radius 1 is 1.18 bits per heavy atom. The van der Waals surface area contributed by atoms with E-state index in [1.807, 2.05) is 25.3 Å². The molecule has 0 aromatic carbocycles. The minimum Gasteiger partial charge on any atom is -0.330 e. The summed E-state index contributed by atoms with van der Waals surface area (Å²) in [5.74, 6) is 0.836. The Balaban J connectivity index is 2.20. The highest BCUT2D eigenvalue weighted by molar-refractivity contribution is 7.09. The van der Waals surface area contributed by atoms with Crippen LogP contribution >= 0.6 is 11.3 Å². The molecule has 0 unspecified atom stereocenters. The molecular formula is C12H16N4S. The first-order valence-electron chi connectivity index (χ1n) is 5.62. The van der Waals surface area contributed by atoms with Crippen molar-refractivity contribution in [2.45, 2.75) is 26.7 Å². The number of aromatic nitrogens is 3. The van der Waals surface area contributed by atoms with Crippen molar-refractivity contribution in [3.63, 3.8) is 0 Å². The Morgan fingerprint density at radius 2 is 2.00 bits per heavy atom. The quantitative estimate of drug-likeness (QED) is 0.893. The van der Waals surface area contributed by atoms with Crippen LogP contribution in [0.2, 0.25) is 0 Å². The molecule has 0 fully saturated rings. The maximum atomic E-state index is 5.55. The zero-order chi connectivity index (χ0) is 12.3. The maximum Gasteiger partial charge on any atom is 0.135 e. The lowest BCUT2D eigenvalue weighted by Crippen LogP contribution is -2.08. The van der Waals surface area contributed by atoms with Crippen LogP contribution in [0.15, 0.2) is 11.4 Å². The van der Waals surface area contributed by atoms with E-state index in [1.54, 1.807) is 11.3 Å². The van der Waals surface area contributed by atoms with E-state index < -0.39 is 0 Å². The van der Waals surface area contributed by atoms with Crippen LogP contribution in [0.1, 0.15) is 27.9 Å². The van der Waals surface area contributed by atoms with Crippen LogP contribution in [0.3, 0.4) is 0 Å². The van der Waals surface area contributed by atoms with Crippen LogP contribution < -0.4 is 5.73 Å². The molecule has 2 heterocycles.